The Morgan fingerprint density at radius 2 is 1.93 bits per heavy atom. The lowest BCUT2D eigenvalue weighted by Gasteiger charge is -2.12. The molecule has 0 aliphatic heterocycles. The summed E-state index contributed by atoms with van der Waals surface area (Å²) in [5.74, 6) is 1.13. The van der Waals surface area contributed by atoms with Crippen molar-refractivity contribution in [2.75, 3.05) is 19.5 Å². The summed E-state index contributed by atoms with van der Waals surface area (Å²) in [5.41, 5.74) is 5.69. The Labute approximate surface area is 173 Å². The van der Waals surface area contributed by atoms with Crippen LogP contribution in [0, 0.1) is 11.3 Å². The van der Waals surface area contributed by atoms with Crippen molar-refractivity contribution in [1.82, 2.24) is 0 Å². The van der Waals surface area contributed by atoms with E-state index in [0.29, 0.717) is 23.7 Å². The van der Waals surface area contributed by atoms with Crippen LogP contribution >= 0.6 is 11.8 Å². The van der Waals surface area contributed by atoms with Gasteiger partial charge in [0, 0.05) is 10.6 Å². The Hall–Kier alpha value is -3.43. The lowest BCUT2D eigenvalue weighted by molar-refractivity contribution is -0.114. The van der Waals surface area contributed by atoms with Gasteiger partial charge in [-0.25, -0.2) is 0 Å². The van der Waals surface area contributed by atoms with Crippen molar-refractivity contribution >= 4 is 34.5 Å². The summed E-state index contributed by atoms with van der Waals surface area (Å²) >= 11 is 1.74. The van der Waals surface area contributed by atoms with Crippen LogP contribution < -0.4 is 15.2 Å². The minimum atomic E-state index is -0.766. The molecule has 0 atom stereocenters. The zero-order valence-electron chi connectivity index (χ0n) is 15.9. The molecule has 146 valence electrons. The van der Waals surface area contributed by atoms with E-state index in [4.69, 9.17) is 20.5 Å². The standard InChI is InChI=1S/C23H20N2O3S/c1-27-21-14-16(13-18(15-24)23(25)26)9-10-20(21)28-11-12-29-22-8-4-6-17-5-2-3-7-19(17)22/h2-10,13-14H,11-12H2,1H3,(H2,25,26)/b18-13-. The molecule has 5 nitrogen and oxygen atoms in total. The molecule has 0 unspecified atom stereocenters. The third-order valence-corrected chi connectivity index (χ3v) is 5.27. The number of nitrogens with zero attached hydrogens (tertiary/aromatic N) is 1. The Morgan fingerprint density at radius 3 is 2.69 bits per heavy atom. The molecular weight excluding hydrogens is 384 g/mol. The normalized spacial score (nSPS) is 11.1. The highest BCUT2D eigenvalue weighted by Crippen LogP contribution is 2.30. The van der Waals surface area contributed by atoms with Crippen LogP contribution in [0.15, 0.2) is 71.1 Å². The minimum Gasteiger partial charge on any atom is -0.493 e. The van der Waals surface area contributed by atoms with Crippen molar-refractivity contribution in [3.8, 4) is 17.6 Å². The molecule has 2 N–H and O–H groups in total. The highest BCUT2D eigenvalue weighted by Gasteiger charge is 2.08. The van der Waals surface area contributed by atoms with Gasteiger partial charge in [0.2, 0.25) is 0 Å². The Bertz CT molecular complexity index is 1100. The highest BCUT2D eigenvalue weighted by molar-refractivity contribution is 7.99. The first-order valence-corrected chi connectivity index (χ1v) is 9.94. The maximum atomic E-state index is 11.2. The summed E-state index contributed by atoms with van der Waals surface area (Å²) in [6.07, 6.45) is 1.42. The van der Waals surface area contributed by atoms with E-state index in [1.165, 1.54) is 21.7 Å². The summed E-state index contributed by atoms with van der Waals surface area (Å²) in [4.78, 5) is 12.4. The molecule has 0 spiro atoms. The van der Waals surface area contributed by atoms with E-state index >= 15 is 0 Å². The fraction of sp³-hybridized carbons (Fsp3) is 0.130. The summed E-state index contributed by atoms with van der Waals surface area (Å²) < 4.78 is 11.2. The van der Waals surface area contributed by atoms with Crippen LogP contribution in [0.5, 0.6) is 11.5 Å². The first-order valence-electron chi connectivity index (χ1n) is 8.95. The molecule has 0 saturated carbocycles. The second-order valence-corrected chi connectivity index (χ2v) is 7.26. The van der Waals surface area contributed by atoms with Crippen molar-refractivity contribution in [3.63, 3.8) is 0 Å². The van der Waals surface area contributed by atoms with E-state index in [-0.39, 0.29) is 5.57 Å². The monoisotopic (exact) mass is 404 g/mol. The van der Waals surface area contributed by atoms with Gasteiger partial charge in [0.15, 0.2) is 11.5 Å². The number of hydrogen-bond donors (Lipinski definition) is 1. The summed E-state index contributed by atoms with van der Waals surface area (Å²) in [5, 5.41) is 11.4. The lowest BCUT2D eigenvalue weighted by atomic mass is 10.1. The molecule has 3 aromatic rings. The van der Waals surface area contributed by atoms with E-state index in [1.807, 2.05) is 12.1 Å². The van der Waals surface area contributed by atoms with Gasteiger partial charge in [-0.1, -0.05) is 42.5 Å². The molecule has 3 aromatic carbocycles. The minimum absolute atomic E-state index is 0.118. The van der Waals surface area contributed by atoms with E-state index < -0.39 is 5.91 Å². The number of amides is 1. The smallest absolute Gasteiger partial charge is 0.259 e. The van der Waals surface area contributed by atoms with Crippen LogP contribution in [0.25, 0.3) is 16.8 Å². The largest absolute Gasteiger partial charge is 0.493 e. The Balaban J connectivity index is 1.65. The third kappa shape index (κ3) is 5.09. The number of nitriles is 1. The van der Waals surface area contributed by atoms with Gasteiger partial charge in [0.25, 0.3) is 5.91 Å². The number of thioether (sulfide) groups is 1. The predicted octanol–water partition coefficient (Wildman–Crippen LogP) is 4.41. The molecule has 0 radical (unpaired) electrons. The number of benzene rings is 3. The van der Waals surface area contributed by atoms with Crippen molar-refractivity contribution in [2.45, 2.75) is 4.90 Å². The fourth-order valence-corrected chi connectivity index (χ4v) is 3.75. The van der Waals surface area contributed by atoms with Gasteiger partial charge < -0.3 is 15.2 Å². The molecule has 0 fully saturated rings. The topological polar surface area (TPSA) is 85.3 Å². The molecule has 0 aromatic heterocycles. The zero-order valence-corrected chi connectivity index (χ0v) is 16.7. The van der Waals surface area contributed by atoms with E-state index in [0.717, 1.165) is 5.75 Å². The van der Waals surface area contributed by atoms with Crippen molar-refractivity contribution in [1.29, 1.82) is 5.26 Å². The number of primary amides is 1. The molecule has 0 aliphatic rings. The van der Waals surface area contributed by atoms with Gasteiger partial charge in [-0.15, -0.1) is 11.8 Å². The number of carbonyl (C=O) groups is 1. The number of fused-ring (bicyclic) bond motifs is 1. The fourth-order valence-electron chi connectivity index (χ4n) is 2.84. The SMILES string of the molecule is COc1cc(/C=C(/C#N)C(N)=O)ccc1OCCSc1cccc2ccccc12. The van der Waals surface area contributed by atoms with Gasteiger partial charge in [-0.05, 0) is 40.6 Å². The number of carbonyl (C=O) groups excluding carboxylic acids is 1. The van der Waals surface area contributed by atoms with E-state index in [2.05, 4.69) is 30.3 Å². The van der Waals surface area contributed by atoms with Crippen LogP contribution in [-0.4, -0.2) is 25.4 Å². The zero-order chi connectivity index (χ0) is 20.6. The number of methoxy groups -OCH3 is 1. The van der Waals surface area contributed by atoms with Gasteiger partial charge in [-0.3, -0.25) is 4.79 Å². The first kappa shape index (κ1) is 20.3. The van der Waals surface area contributed by atoms with Gasteiger partial charge in [-0.2, -0.15) is 5.26 Å². The van der Waals surface area contributed by atoms with Crippen LogP contribution in [-0.2, 0) is 4.79 Å². The molecule has 0 aliphatic carbocycles. The molecule has 0 heterocycles. The predicted molar refractivity (Wildman–Crippen MR) is 116 cm³/mol. The Morgan fingerprint density at radius 1 is 1.14 bits per heavy atom. The first-order chi connectivity index (χ1) is 14.1. The second kappa shape index (κ2) is 9.67. The average Bonchev–Trinajstić information content (AvgIpc) is 2.75. The van der Waals surface area contributed by atoms with Crippen molar-refractivity contribution in [3.05, 3.63) is 71.8 Å². The van der Waals surface area contributed by atoms with Gasteiger partial charge in [0.1, 0.15) is 11.6 Å². The quantitative estimate of drug-likeness (QED) is 0.260. The average molecular weight is 404 g/mol. The molecule has 3 rings (SSSR count). The molecule has 29 heavy (non-hydrogen) atoms. The number of ether oxygens (including phenoxy) is 2. The maximum absolute atomic E-state index is 11.2. The van der Waals surface area contributed by atoms with Crippen LogP contribution in [0.4, 0.5) is 0 Å². The van der Waals surface area contributed by atoms with Gasteiger partial charge in [0.05, 0.1) is 13.7 Å². The van der Waals surface area contributed by atoms with Crippen LogP contribution in [0.1, 0.15) is 5.56 Å². The molecule has 0 bridgehead atoms. The van der Waals surface area contributed by atoms with Crippen LogP contribution in [0.3, 0.4) is 0 Å². The summed E-state index contributed by atoms with van der Waals surface area (Å²) in [6.45, 7) is 0.504. The molecule has 0 saturated heterocycles. The van der Waals surface area contributed by atoms with Crippen LogP contribution in [0.2, 0.25) is 0 Å². The molecule has 6 heteroatoms. The van der Waals surface area contributed by atoms with E-state index in [1.54, 1.807) is 43.1 Å². The number of nitrogens with two attached hydrogens (primary N) is 1. The summed E-state index contributed by atoms with van der Waals surface area (Å²) in [6, 6.07) is 21.6. The molecule has 1 amide bonds. The number of rotatable bonds is 8. The Kier molecular flexibility index (Phi) is 6.77. The second-order valence-electron chi connectivity index (χ2n) is 6.12. The van der Waals surface area contributed by atoms with Crippen molar-refractivity contribution in [2.24, 2.45) is 5.73 Å². The number of hydrogen-bond acceptors (Lipinski definition) is 5. The molecular formula is C23H20N2O3S. The van der Waals surface area contributed by atoms with E-state index in [9.17, 15) is 4.79 Å². The van der Waals surface area contributed by atoms with Crippen molar-refractivity contribution < 1.29 is 14.3 Å². The summed E-state index contributed by atoms with van der Waals surface area (Å²) in [7, 11) is 1.54. The lowest BCUT2D eigenvalue weighted by Crippen LogP contribution is -2.12. The van der Waals surface area contributed by atoms with Gasteiger partial charge >= 0.3 is 0 Å². The highest BCUT2D eigenvalue weighted by atomic mass is 32.2. The maximum Gasteiger partial charge on any atom is 0.259 e. The third-order valence-electron chi connectivity index (χ3n) is 4.23.